The van der Waals surface area contributed by atoms with Gasteiger partial charge in [0.15, 0.2) is 5.75 Å². The van der Waals surface area contributed by atoms with Gasteiger partial charge in [0.25, 0.3) is 0 Å². The predicted octanol–water partition coefficient (Wildman–Crippen LogP) is 5.32. The molecule has 0 radical (unpaired) electrons. The van der Waals surface area contributed by atoms with Gasteiger partial charge < -0.3 is 10.0 Å². The molecule has 0 spiro atoms. The number of hydrogen-bond donors (Lipinski definition) is 1. The highest BCUT2D eigenvalue weighted by Gasteiger charge is 2.32. The van der Waals surface area contributed by atoms with Gasteiger partial charge in [-0.1, -0.05) is 47.5 Å². The van der Waals surface area contributed by atoms with Crippen LogP contribution in [0, 0.1) is 11.8 Å². The van der Waals surface area contributed by atoms with Crippen molar-refractivity contribution in [2.45, 2.75) is 31.7 Å². The Morgan fingerprint density at radius 1 is 1.21 bits per heavy atom. The number of halogens is 2. The lowest BCUT2D eigenvalue weighted by molar-refractivity contribution is -0.133. The summed E-state index contributed by atoms with van der Waals surface area (Å²) in [6.45, 7) is 1.64. The molecular weight excluding hydrogens is 427 g/mol. The Labute approximate surface area is 185 Å². The molecule has 1 amide bonds. The zero-order valence-corrected chi connectivity index (χ0v) is 18.4. The van der Waals surface area contributed by atoms with Crippen LogP contribution >= 0.6 is 35.0 Å². The molecular formula is C22H24Cl2N2O2S. The Morgan fingerprint density at radius 3 is 2.59 bits per heavy atom. The van der Waals surface area contributed by atoms with E-state index in [4.69, 9.17) is 23.2 Å². The fourth-order valence-corrected chi connectivity index (χ4v) is 5.69. The van der Waals surface area contributed by atoms with Gasteiger partial charge in [0.1, 0.15) is 6.04 Å². The number of benzene rings is 1. The van der Waals surface area contributed by atoms with E-state index in [1.165, 1.54) is 18.2 Å². The Morgan fingerprint density at radius 2 is 1.93 bits per heavy atom. The molecule has 0 saturated carbocycles. The standard InChI is InChI=1S/C22H24Cl2N2O2S/c23-17-11-16(12-18(24)20(17)27)21-25-19(13-29-21)22(28)26-8-6-15(7-9-26)10-14-4-2-1-3-5-14/h1-4,11-12,14-15,19,27H,5-10,13H2. The molecule has 1 saturated heterocycles. The predicted molar refractivity (Wildman–Crippen MR) is 121 cm³/mol. The first-order chi connectivity index (χ1) is 14.0. The fraction of sp³-hybridized carbons (Fsp3) is 0.455. The van der Waals surface area contributed by atoms with Gasteiger partial charge in [0.05, 0.1) is 15.1 Å². The molecule has 1 aromatic rings. The summed E-state index contributed by atoms with van der Waals surface area (Å²) >= 11 is 13.6. The zero-order chi connectivity index (χ0) is 20.4. The Balaban J connectivity index is 1.33. The number of carbonyl (C=O) groups is 1. The molecule has 4 rings (SSSR count). The van der Waals surface area contributed by atoms with Crippen molar-refractivity contribution in [3.05, 3.63) is 52.0 Å². The highest BCUT2D eigenvalue weighted by molar-refractivity contribution is 8.14. The third kappa shape index (κ3) is 4.84. The van der Waals surface area contributed by atoms with E-state index in [-0.39, 0.29) is 27.7 Å². The van der Waals surface area contributed by atoms with Crippen LogP contribution < -0.4 is 0 Å². The lowest BCUT2D eigenvalue weighted by atomic mass is 9.84. The number of phenols is 1. The monoisotopic (exact) mass is 450 g/mol. The Bertz CT molecular complexity index is 853. The number of piperidine rings is 1. The topological polar surface area (TPSA) is 52.9 Å². The molecule has 2 unspecified atom stereocenters. The van der Waals surface area contributed by atoms with Crippen molar-refractivity contribution in [1.82, 2.24) is 4.90 Å². The van der Waals surface area contributed by atoms with E-state index in [2.05, 4.69) is 29.3 Å². The first-order valence-corrected chi connectivity index (χ1v) is 11.8. The van der Waals surface area contributed by atoms with Gasteiger partial charge in [-0.2, -0.15) is 0 Å². The summed E-state index contributed by atoms with van der Waals surface area (Å²) in [6, 6.07) is 2.92. The molecule has 0 bridgehead atoms. The minimum absolute atomic E-state index is 0.113. The van der Waals surface area contributed by atoms with Gasteiger partial charge in [-0.3, -0.25) is 9.79 Å². The summed E-state index contributed by atoms with van der Waals surface area (Å²) in [5, 5.41) is 10.9. The van der Waals surface area contributed by atoms with Gasteiger partial charge in [0, 0.05) is 24.4 Å². The van der Waals surface area contributed by atoms with E-state index >= 15 is 0 Å². The molecule has 1 aliphatic carbocycles. The lowest BCUT2D eigenvalue weighted by Crippen LogP contribution is -2.43. The fourth-order valence-electron chi connectivity index (χ4n) is 4.18. The van der Waals surface area contributed by atoms with E-state index in [0.29, 0.717) is 17.6 Å². The molecule has 2 atom stereocenters. The molecule has 154 valence electrons. The van der Waals surface area contributed by atoms with Crippen LogP contribution in [0.1, 0.15) is 31.2 Å². The van der Waals surface area contributed by atoms with Crippen molar-refractivity contribution >= 4 is 45.9 Å². The summed E-state index contributed by atoms with van der Waals surface area (Å²) < 4.78 is 0. The first kappa shape index (κ1) is 20.8. The van der Waals surface area contributed by atoms with Gasteiger partial charge in [0.2, 0.25) is 5.91 Å². The number of nitrogens with zero attached hydrogens (tertiary/aromatic N) is 2. The highest BCUT2D eigenvalue weighted by atomic mass is 35.5. The zero-order valence-electron chi connectivity index (χ0n) is 16.1. The van der Waals surface area contributed by atoms with Gasteiger partial charge in [-0.25, -0.2) is 0 Å². The first-order valence-electron chi connectivity index (χ1n) is 10.0. The summed E-state index contributed by atoms with van der Waals surface area (Å²) in [5.41, 5.74) is 0.742. The molecule has 29 heavy (non-hydrogen) atoms. The highest BCUT2D eigenvalue weighted by Crippen LogP contribution is 2.36. The SMILES string of the molecule is O=C(C1CSC(c2cc(Cl)c(O)c(Cl)c2)=N1)N1CCC(CC2C=CC=CC2)CC1. The maximum atomic E-state index is 13.0. The molecule has 7 heteroatoms. The number of likely N-dealkylation sites (tertiary alicyclic amines) is 1. The van der Waals surface area contributed by atoms with Crippen molar-refractivity contribution in [1.29, 1.82) is 0 Å². The Kier molecular flexibility index (Phi) is 6.57. The molecule has 2 heterocycles. The molecule has 0 aromatic heterocycles. The summed E-state index contributed by atoms with van der Waals surface area (Å²) in [6.07, 6.45) is 13.3. The molecule has 4 nitrogen and oxygen atoms in total. The van der Waals surface area contributed by atoms with Crippen LogP contribution in [0.3, 0.4) is 0 Å². The van der Waals surface area contributed by atoms with Crippen LogP contribution in [0.5, 0.6) is 5.75 Å². The second-order valence-electron chi connectivity index (χ2n) is 7.86. The molecule has 1 fully saturated rings. The number of hydrogen-bond acceptors (Lipinski definition) is 4. The van der Waals surface area contributed by atoms with Crippen molar-refractivity contribution in [3.8, 4) is 5.75 Å². The number of allylic oxidation sites excluding steroid dienone is 4. The number of thioether (sulfide) groups is 1. The molecule has 2 aliphatic heterocycles. The third-order valence-electron chi connectivity index (χ3n) is 5.83. The van der Waals surface area contributed by atoms with Crippen LogP contribution in [0.2, 0.25) is 10.0 Å². The molecule has 3 aliphatic rings. The van der Waals surface area contributed by atoms with E-state index in [1.807, 2.05) is 4.90 Å². The van der Waals surface area contributed by atoms with Crippen LogP contribution in [0.4, 0.5) is 0 Å². The van der Waals surface area contributed by atoms with E-state index in [1.54, 1.807) is 12.1 Å². The van der Waals surface area contributed by atoms with Crippen molar-refractivity contribution in [2.24, 2.45) is 16.8 Å². The van der Waals surface area contributed by atoms with Crippen molar-refractivity contribution in [2.75, 3.05) is 18.8 Å². The quantitative estimate of drug-likeness (QED) is 0.674. The maximum Gasteiger partial charge on any atom is 0.248 e. The Hall–Kier alpha value is -1.43. The lowest BCUT2D eigenvalue weighted by Gasteiger charge is -2.34. The molecule has 1 N–H and O–H groups in total. The van der Waals surface area contributed by atoms with Crippen LogP contribution in [-0.2, 0) is 4.79 Å². The van der Waals surface area contributed by atoms with Crippen LogP contribution in [0.25, 0.3) is 0 Å². The van der Waals surface area contributed by atoms with Gasteiger partial charge in [-0.05, 0) is 49.7 Å². The number of aromatic hydroxyl groups is 1. The average Bonchev–Trinajstić information content (AvgIpc) is 3.23. The third-order valence-corrected chi connectivity index (χ3v) is 7.50. The van der Waals surface area contributed by atoms with Gasteiger partial charge >= 0.3 is 0 Å². The number of carbonyl (C=O) groups excluding carboxylic acids is 1. The van der Waals surface area contributed by atoms with Crippen LogP contribution in [0.15, 0.2) is 41.4 Å². The minimum Gasteiger partial charge on any atom is -0.505 e. The van der Waals surface area contributed by atoms with Gasteiger partial charge in [-0.15, -0.1) is 11.8 Å². The average molecular weight is 451 g/mol. The number of amides is 1. The normalized spacial score (nSPS) is 24.8. The van der Waals surface area contributed by atoms with Crippen molar-refractivity contribution < 1.29 is 9.90 Å². The second kappa shape index (κ2) is 9.15. The number of rotatable bonds is 4. The summed E-state index contributed by atoms with van der Waals surface area (Å²) in [4.78, 5) is 19.6. The second-order valence-corrected chi connectivity index (χ2v) is 9.69. The van der Waals surface area contributed by atoms with Crippen LogP contribution in [-0.4, -0.2) is 45.8 Å². The minimum atomic E-state index is -0.357. The largest absolute Gasteiger partial charge is 0.505 e. The summed E-state index contributed by atoms with van der Waals surface area (Å²) in [7, 11) is 0. The van der Waals surface area contributed by atoms with E-state index < -0.39 is 0 Å². The smallest absolute Gasteiger partial charge is 0.248 e. The maximum absolute atomic E-state index is 13.0. The number of aliphatic imine (C=N–C) groups is 1. The number of phenolic OH excluding ortho intramolecular Hbond substituents is 1. The van der Waals surface area contributed by atoms with E-state index in [9.17, 15) is 9.90 Å². The molecule has 1 aromatic carbocycles. The summed E-state index contributed by atoms with van der Waals surface area (Å²) in [5.74, 6) is 1.95. The van der Waals surface area contributed by atoms with E-state index in [0.717, 1.165) is 43.0 Å². The van der Waals surface area contributed by atoms with Crippen molar-refractivity contribution in [3.63, 3.8) is 0 Å².